The maximum Gasteiger partial charge on any atom is 0.0467 e. The van der Waals surface area contributed by atoms with Crippen molar-refractivity contribution >= 4 is 51.4 Å². The zero-order valence-electron chi connectivity index (χ0n) is 31.2. The molecule has 0 radical (unpaired) electrons. The Morgan fingerprint density at radius 3 is 1.38 bits per heavy atom. The lowest BCUT2D eigenvalue weighted by atomic mass is 10.0. The summed E-state index contributed by atoms with van der Waals surface area (Å²) in [6.45, 7) is 8.08. The molecule has 0 aliphatic heterocycles. The molecule has 8 aromatic carbocycles. The van der Waals surface area contributed by atoms with Gasteiger partial charge in [0.25, 0.3) is 0 Å². The van der Waals surface area contributed by atoms with Crippen LogP contribution in [0.2, 0.25) is 0 Å². The summed E-state index contributed by atoms with van der Waals surface area (Å²) in [5, 5.41) is 2.34. The molecule has 0 saturated heterocycles. The summed E-state index contributed by atoms with van der Waals surface area (Å²) in [5.74, 6) is 0. The van der Waals surface area contributed by atoms with Gasteiger partial charge in [-0.2, -0.15) is 0 Å². The number of benzene rings is 8. The molecule has 0 heterocycles. The van der Waals surface area contributed by atoms with Gasteiger partial charge in [-0.05, 0) is 123 Å². The second-order valence-electron chi connectivity index (χ2n) is 13.6. The third-order valence-electron chi connectivity index (χ3n) is 9.96. The first kappa shape index (κ1) is 35.6. The van der Waals surface area contributed by atoms with Crippen molar-refractivity contribution in [2.24, 2.45) is 0 Å². The van der Waals surface area contributed by atoms with Gasteiger partial charge in [0.05, 0.1) is 0 Å². The van der Waals surface area contributed by atoms with E-state index in [9.17, 15) is 0 Å². The molecule has 0 aromatic heterocycles. The standard InChI is InChI=1S/C54H42N2/c1-3-14-49(4-2)55(52-34-27-45(28-35-52)43-15-8-5-9-16-43)54-38-31-47-39-42(23-26-48(47)40-54)22-21-41-24-32-51(33-25-41)56(50-19-12-7-13-20-50)53-36-29-46(30-37-53)44-17-10-6-11-18-44/h3-40H,1-2H2/b22-21+,49-14+. The van der Waals surface area contributed by atoms with Gasteiger partial charge in [-0.15, -0.1) is 0 Å². The highest BCUT2D eigenvalue weighted by atomic mass is 15.1. The third-order valence-corrected chi connectivity index (χ3v) is 9.96. The van der Waals surface area contributed by atoms with Gasteiger partial charge in [0.2, 0.25) is 0 Å². The highest BCUT2D eigenvalue weighted by Gasteiger charge is 2.15. The number of rotatable bonds is 12. The van der Waals surface area contributed by atoms with Crippen molar-refractivity contribution in [3.8, 4) is 22.3 Å². The number of anilines is 5. The van der Waals surface area contributed by atoms with Crippen LogP contribution in [0.5, 0.6) is 0 Å². The van der Waals surface area contributed by atoms with Crippen molar-refractivity contribution in [3.05, 3.63) is 248 Å². The van der Waals surface area contributed by atoms with Gasteiger partial charge in [0.15, 0.2) is 0 Å². The molecule has 0 fully saturated rings. The van der Waals surface area contributed by atoms with Crippen LogP contribution < -0.4 is 9.80 Å². The summed E-state index contributed by atoms with van der Waals surface area (Å²) in [5.41, 5.74) is 13.4. The summed E-state index contributed by atoms with van der Waals surface area (Å²) in [6, 6.07) is 70.9. The van der Waals surface area contributed by atoms with Crippen molar-refractivity contribution in [1.29, 1.82) is 0 Å². The Labute approximate surface area is 330 Å². The number of nitrogens with zero attached hydrogens (tertiary/aromatic N) is 2. The molecular formula is C54H42N2. The average Bonchev–Trinajstić information content (AvgIpc) is 3.27. The van der Waals surface area contributed by atoms with E-state index in [1.807, 2.05) is 18.2 Å². The normalized spacial score (nSPS) is 11.4. The van der Waals surface area contributed by atoms with Gasteiger partial charge in [0.1, 0.15) is 0 Å². The second-order valence-corrected chi connectivity index (χ2v) is 13.6. The predicted molar refractivity (Wildman–Crippen MR) is 242 cm³/mol. The van der Waals surface area contributed by atoms with Gasteiger partial charge in [-0.3, -0.25) is 0 Å². The van der Waals surface area contributed by atoms with E-state index < -0.39 is 0 Å². The predicted octanol–water partition coefficient (Wildman–Crippen LogP) is 15.2. The summed E-state index contributed by atoms with van der Waals surface area (Å²) < 4.78 is 0. The molecule has 0 aliphatic rings. The van der Waals surface area contributed by atoms with Gasteiger partial charge in [-0.1, -0.05) is 165 Å². The molecule has 0 atom stereocenters. The number of para-hydroxylation sites is 1. The molecule has 0 bridgehead atoms. The largest absolute Gasteiger partial charge is 0.311 e. The minimum Gasteiger partial charge on any atom is -0.311 e. The van der Waals surface area contributed by atoms with Crippen LogP contribution in [0.1, 0.15) is 11.1 Å². The highest BCUT2D eigenvalue weighted by Crippen LogP contribution is 2.37. The van der Waals surface area contributed by atoms with E-state index in [1.54, 1.807) is 6.08 Å². The molecule has 56 heavy (non-hydrogen) atoms. The zero-order chi connectivity index (χ0) is 38.1. The minimum absolute atomic E-state index is 0.949. The lowest BCUT2D eigenvalue weighted by Gasteiger charge is -2.27. The fraction of sp³-hybridized carbons (Fsp3) is 0. The summed E-state index contributed by atoms with van der Waals surface area (Å²) in [7, 11) is 0. The van der Waals surface area contributed by atoms with Crippen LogP contribution in [-0.4, -0.2) is 0 Å². The Bertz CT molecular complexity index is 2620. The topological polar surface area (TPSA) is 6.48 Å². The Kier molecular flexibility index (Phi) is 10.6. The molecule has 0 amide bonds. The zero-order valence-corrected chi connectivity index (χ0v) is 31.2. The Balaban J connectivity index is 1.03. The third kappa shape index (κ3) is 7.91. The molecule has 0 unspecified atom stereocenters. The van der Waals surface area contributed by atoms with E-state index in [0.717, 1.165) is 50.6 Å². The van der Waals surface area contributed by atoms with Crippen LogP contribution >= 0.6 is 0 Å². The highest BCUT2D eigenvalue weighted by molar-refractivity contribution is 5.90. The van der Waals surface area contributed by atoms with E-state index in [-0.39, 0.29) is 0 Å². The molecule has 8 aromatic rings. The maximum atomic E-state index is 4.12. The van der Waals surface area contributed by atoms with E-state index in [4.69, 9.17) is 0 Å². The van der Waals surface area contributed by atoms with Crippen LogP contribution in [-0.2, 0) is 0 Å². The van der Waals surface area contributed by atoms with Crippen LogP contribution in [0.4, 0.5) is 28.4 Å². The molecule has 2 heteroatoms. The lowest BCUT2D eigenvalue weighted by molar-refractivity contribution is 1.21. The number of hydrogen-bond donors (Lipinski definition) is 0. The van der Waals surface area contributed by atoms with Crippen molar-refractivity contribution in [2.45, 2.75) is 0 Å². The molecule has 2 nitrogen and oxygen atoms in total. The molecule has 0 spiro atoms. The SMILES string of the molecule is C=C/C=C(\C=C)N(c1ccc(-c2ccccc2)cc1)c1ccc2cc(/C=C/c3ccc(N(c4ccccc4)c4ccc(-c5ccccc5)cc4)cc3)ccc2c1. The van der Waals surface area contributed by atoms with Crippen LogP contribution in [0.3, 0.4) is 0 Å². The second kappa shape index (κ2) is 16.7. The molecule has 0 aliphatic carbocycles. The van der Waals surface area contributed by atoms with Crippen molar-refractivity contribution in [2.75, 3.05) is 9.80 Å². The van der Waals surface area contributed by atoms with Gasteiger partial charge in [-0.25, -0.2) is 0 Å². The molecule has 8 rings (SSSR count). The minimum atomic E-state index is 0.949. The molecular weight excluding hydrogens is 677 g/mol. The number of fused-ring (bicyclic) bond motifs is 1. The lowest BCUT2D eigenvalue weighted by Crippen LogP contribution is -2.14. The molecule has 0 saturated carbocycles. The average molecular weight is 719 g/mol. The van der Waals surface area contributed by atoms with Gasteiger partial charge in [0, 0.05) is 34.1 Å². The first-order chi connectivity index (χ1) is 27.7. The fourth-order valence-corrected chi connectivity index (χ4v) is 7.11. The Morgan fingerprint density at radius 2 is 0.804 bits per heavy atom. The fourth-order valence-electron chi connectivity index (χ4n) is 7.11. The van der Waals surface area contributed by atoms with Crippen LogP contribution in [0.15, 0.2) is 237 Å². The van der Waals surface area contributed by atoms with Crippen molar-refractivity contribution < 1.29 is 0 Å². The first-order valence-corrected chi connectivity index (χ1v) is 18.9. The first-order valence-electron chi connectivity index (χ1n) is 18.9. The Hall–Kier alpha value is -7.42. The van der Waals surface area contributed by atoms with E-state index >= 15 is 0 Å². The van der Waals surface area contributed by atoms with Crippen LogP contribution in [0, 0.1) is 0 Å². The summed E-state index contributed by atoms with van der Waals surface area (Å²) in [4.78, 5) is 4.52. The number of allylic oxidation sites excluding steroid dienone is 3. The quantitative estimate of drug-likeness (QED) is 0.0917. The van der Waals surface area contributed by atoms with E-state index in [1.165, 1.54) is 27.6 Å². The maximum absolute atomic E-state index is 4.12. The van der Waals surface area contributed by atoms with E-state index in [0.29, 0.717) is 0 Å². The van der Waals surface area contributed by atoms with E-state index in [2.05, 4.69) is 229 Å². The van der Waals surface area contributed by atoms with Gasteiger partial charge < -0.3 is 9.80 Å². The van der Waals surface area contributed by atoms with Gasteiger partial charge >= 0.3 is 0 Å². The van der Waals surface area contributed by atoms with Crippen molar-refractivity contribution in [1.82, 2.24) is 0 Å². The molecule has 268 valence electrons. The summed E-state index contributed by atoms with van der Waals surface area (Å²) in [6.07, 6.45) is 10.0. The smallest absolute Gasteiger partial charge is 0.0467 e. The summed E-state index contributed by atoms with van der Waals surface area (Å²) >= 11 is 0. The monoisotopic (exact) mass is 718 g/mol. The van der Waals surface area contributed by atoms with Crippen LogP contribution in [0.25, 0.3) is 45.2 Å². The molecule has 0 N–H and O–H groups in total. The van der Waals surface area contributed by atoms with Crippen molar-refractivity contribution in [3.63, 3.8) is 0 Å². The Morgan fingerprint density at radius 1 is 0.375 bits per heavy atom. The number of hydrogen-bond acceptors (Lipinski definition) is 2.